The maximum atomic E-state index is 5.32. The van der Waals surface area contributed by atoms with Crippen LogP contribution in [0.3, 0.4) is 0 Å². The van der Waals surface area contributed by atoms with Gasteiger partial charge >= 0.3 is 0 Å². The van der Waals surface area contributed by atoms with Crippen LogP contribution in [0.4, 0.5) is 0 Å². The van der Waals surface area contributed by atoms with Gasteiger partial charge in [0.1, 0.15) is 17.6 Å². The van der Waals surface area contributed by atoms with Crippen LogP contribution in [-0.2, 0) is 0 Å². The molecule has 0 bridgehead atoms. The summed E-state index contributed by atoms with van der Waals surface area (Å²) < 4.78 is 9.82. The highest BCUT2D eigenvalue weighted by Crippen LogP contribution is 2.30. The normalized spacial score (nSPS) is 10.8. The summed E-state index contributed by atoms with van der Waals surface area (Å²) in [5.74, 6) is 0.860. The molecule has 0 aliphatic rings. The maximum Gasteiger partial charge on any atom is 0.291 e. The zero-order chi connectivity index (χ0) is 18.2. The molecule has 0 radical (unpaired) electrons. The molecule has 2 aromatic heterocycles. The van der Waals surface area contributed by atoms with Crippen molar-refractivity contribution in [1.29, 1.82) is 0 Å². The van der Waals surface area contributed by atoms with Crippen molar-refractivity contribution in [1.82, 2.24) is 4.57 Å². The lowest BCUT2D eigenvalue weighted by Crippen LogP contribution is -3.00. The molecule has 0 fully saturated rings. The molecule has 0 unspecified atom stereocenters. The summed E-state index contributed by atoms with van der Waals surface area (Å²) in [5.41, 5.74) is 4.58. The molecular formula is C24H19BrN2O. The van der Waals surface area contributed by atoms with Crippen LogP contribution in [0, 0.1) is 0 Å². The van der Waals surface area contributed by atoms with Gasteiger partial charge in [0, 0.05) is 17.0 Å². The van der Waals surface area contributed by atoms with Gasteiger partial charge < -0.3 is 21.7 Å². The van der Waals surface area contributed by atoms with Gasteiger partial charge in [0.15, 0.2) is 5.69 Å². The molecule has 138 valence electrons. The molecule has 0 saturated heterocycles. The van der Waals surface area contributed by atoms with Crippen molar-refractivity contribution < 1.29 is 26.1 Å². The number of aromatic nitrogens is 2. The van der Waals surface area contributed by atoms with E-state index in [0.29, 0.717) is 0 Å². The molecule has 28 heavy (non-hydrogen) atoms. The van der Waals surface area contributed by atoms with E-state index in [0.717, 1.165) is 22.7 Å². The molecular weight excluding hydrogens is 412 g/mol. The second-order valence-corrected chi connectivity index (χ2v) is 6.54. The number of fused-ring (bicyclic) bond motifs is 2. The van der Waals surface area contributed by atoms with E-state index in [4.69, 9.17) is 4.74 Å². The van der Waals surface area contributed by atoms with Gasteiger partial charge in [-0.1, -0.05) is 42.5 Å². The maximum absolute atomic E-state index is 5.32. The van der Waals surface area contributed by atoms with Crippen LogP contribution in [-0.4, -0.2) is 11.7 Å². The molecule has 0 saturated carbocycles. The molecule has 0 N–H and O–H groups in total. The Morgan fingerprint density at radius 1 is 0.786 bits per heavy atom. The Morgan fingerprint density at radius 3 is 2.36 bits per heavy atom. The van der Waals surface area contributed by atoms with E-state index in [1.807, 2.05) is 12.1 Å². The number of halogens is 1. The third-order valence-corrected chi connectivity index (χ3v) is 4.99. The lowest BCUT2D eigenvalue weighted by atomic mass is 10.1. The molecule has 5 aromatic rings. The van der Waals surface area contributed by atoms with Gasteiger partial charge in [-0.25, -0.2) is 4.40 Å². The first kappa shape index (κ1) is 18.3. The Morgan fingerprint density at radius 2 is 1.54 bits per heavy atom. The lowest BCUT2D eigenvalue weighted by molar-refractivity contribution is -0.510. The fourth-order valence-corrected chi connectivity index (χ4v) is 3.68. The number of hydrogen-bond acceptors (Lipinski definition) is 1. The van der Waals surface area contributed by atoms with Crippen molar-refractivity contribution in [3.8, 4) is 22.7 Å². The second kappa shape index (κ2) is 7.49. The molecule has 0 aliphatic heterocycles. The van der Waals surface area contributed by atoms with Crippen LogP contribution in [0.15, 0.2) is 97.3 Å². The summed E-state index contributed by atoms with van der Waals surface area (Å²) in [7, 11) is 1.69. The summed E-state index contributed by atoms with van der Waals surface area (Å²) >= 11 is 0. The fourth-order valence-electron chi connectivity index (χ4n) is 3.68. The smallest absolute Gasteiger partial charge is 0.291 e. The molecule has 3 nitrogen and oxygen atoms in total. The first-order valence-electron chi connectivity index (χ1n) is 8.99. The number of hydrogen-bond donors (Lipinski definition) is 0. The van der Waals surface area contributed by atoms with Gasteiger partial charge in [0.05, 0.1) is 13.3 Å². The van der Waals surface area contributed by atoms with E-state index in [-0.39, 0.29) is 17.0 Å². The summed E-state index contributed by atoms with van der Waals surface area (Å²) in [6.07, 6.45) is 4.27. The SMILES string of the molecule is COc1ccc(-c2c[n+]3ccccc3n2-c2cccc3ccccc23)cc1.[Br-]. The van der Waals surface area contributed by atoms with Crippen LogP contribution < -0.4 is 26.1 Å². The van der Waals surface area contributed by atoms with Gasteiger partial charge in [-0.3, -0.25) is 0 Å². The minimum absolute atomic E-state index is 0. The van der Waals surface area contributed by atoms with Gasteiger partial charge in [-0.2, -0.15) is 4.57 Å². The summed E-state index contributed by atoms with van der Waals surface area (Å²) in [5, 5.41) is 2.47. The third-order valence-electron chi connectivity index (χ3n) is 4.99. The number of ether oxygens (including phenoxy) is 1. The number of rotatable bonds is 3. The number of imidazole rings is 1. The van der Waals surface area contributed by atoms with Crippen molar-refractivity contribution in [2.75, 3.05) is 7.11 Å². The van der Waals surface area contributed by atoms with Crippen LogP contribution in [0.5, 0.6) is 5.75 Å². The average molecular weight is 431 g/mol. The molecule has 4 heteroatoms. The number of pyridine rings is 1. The fraction of sp³-hybridized carbons (Fsp3) is 0.0417. The summed E-state index contributed by atoms with van der Waals surface area (Å²) in [6, 6.07) is 29.5. The van der Waals surface area contributed by atoms with Crippen LogP contribution in [0.25, 0.3) is 33.4 Å². The Hall–Kier alpha value is -3.11. The zero-order valence-corrected chi connectivity index (χ0v) is 17.0. The topological polar surface area (TPSA) is 18.3 Å². The van der Waals surface area contributed by atoms with E-state index < -0.39 is 0 Å². The van der Waals surface area contributed by atoms with Gasteiger partial charge in [0.25, 0.3) is 5.65 Å². The Kier molecular flexibility index (Phi) is 4.88. The Balaban J connectivity index is 0.00000192. The van der Waals surface area contributed by atoms with Crippen LogP contribution in [0.2, 0.25) is 0 Å². The second-order valence-electron chi connectivity index (χ2n) is 6.54. The monoisotopic (exact) mass is 430 g/mol. The highest BCUT2D eigenvalue weighted by atomic mass is 79.9. The van der Waals surface area contributed by atoms with Crippen molar-refractivity contribution in [3.05, 3.63) is 97.3 Å². The molecule has 3 aromatic carbocycles. The number of nitrogens with zero attached hydrogens (tertiary/aromatic N) is 2. The van der Waals surface area contributed by atoms with Gasteiger partial charge in [-0.15, -0.1) is 0 Å². The minimum atomic E-state index is 0. The number of benzene rings is 3. The summed E-state index contributed by atoms with van der Waals surface area (Å²) in [6.45, 7) is 0. The average Bonchev–Trinajstić information content (AvgIpc) is 3.13. The standard InChI is InChI=1S/C24H19N2O.BrH/c1-27-20-14-12-19(13-15-20)23-17-25-16-5-4-11-24(25)26(23)22-10-6-8-18-7-2-3-9-21(18)22;/h2-17H,1H3;1H/q+1;/p-1. The third kappa shape index (κ3) is 2.96. The molecule has 5 rings (SSSR count). The molecule has 0 atom stereocenters. The van der Waals surface area contributed by atoms with E-state index in [9.17, 15) is 0 Å². The van der Waals surface area contributed by atoms with Crippen molar-refractivity contribution in [2.45, 2.75) is 0 Å². The molecule has 0 aliphatic carbocycles. The first-order valence-corrected chi connectivity index (χ1v) is 8.99. The lowest BCUT2D eigenvalue weighted by Gasteiger charge is -2.07. The predicted molar refractivity (Wildman–Crippen MR) is 108 cm³/mol. The highest BCUT2D eigenvalue weighted by Gasteiger charge is 2.22. The molecule has 0 amide bonds. The van der Waals surface area contributed by atoms with Crippen molar-refractivity contribution in [2.24, 2.45) is 0 Å². The van der Waals surface area contributed by atoms with E-state index in [1.165, 1.54) is 16.5 Å². The quantitative estimate of drug-likeness (QED) is 0.400. The van der Waals surface area contributed by atoms with Crippen molar-refractivity contribution in [3.63, 3.8) is 0 Å². The minimum Gasteiger partial charge on any atom is -1.00 e. The zero-order valence-electron chi connectivity index (χ0n) is 15.4. The van der Waals surface area contributed by atoms with E-state index in [2.05, 4.69) is 94.2 Å². The summed E-state index contributed by atoms with van der Waals surface area (Å²) in [4.78, 5) is 0. The van der Waals surface area contributed by atoms with Crippen LogP contribution in [0.1, 0.15) is 0 Å². The predicted octanol–water partition coefficient (Wildman–Crippen LogP) is 2.05. The molecule has 2 heterocycles. The van der Waals surface area contributed by atoms with Gasteiger partial charge in [-0.05, 0) is 41.8 Å². The van der Waals surface area contributed by atoms with Gasteiger partial charge in [0.2, 0.25) is 0 Å². The van der Waals surface area contributed by atoms with Crippen LogP contribution >= 0.6 is 0 Å². The Labute approximate surface area is 174 Å². The Bertz CT molecular complexity index is 1250. The number of methoxy groups -OCH3 is 1. The van der Waals surface area contributed by atoms with E-state index in [1.54, 1.807) is 7.11 Å². The molecule has 0 spiro atoms. The van der Waals surface area contributed by atoms with Crippen molar-refractivity contribution >= 4 is 16.4 Å². The largest absolute Gasteiger partial charge is 1.00 e. The highest BCUT2D eigenvalue weighted by molar-refractivity contribution is 5.91. The van der Waals surface area contributed by atoms with E-state index >= 15 is 0 Å². The first-order chi connectivity index (χ1) is 13.3.